The molecule has 0 aromatic heterocycles. The lowest BCUT2D eigenvalue weighted by atomic mass is 10.1. The summed E-state index contributed by atoms with van der Waals surface area (Å²) in [4.78, 5) is 19.7. The Hall–Kier alpha value is -0.680. The summed E-state index contributed by atoms with van der Waals surface area (Å²) in [7, 11) is 2.10. The summed E-state index contributed by atoms with van der Waals surface area (Å²) in [6.45, 7) is 5.68. The molecule has 1 amide bonds. The van der Waals surface area contributed by atoms with E-state index in [9.17, 15) is 9.18 Å². The summed E-state index contributed by atoms with van der Waals surface area (Å²) < 4.78 is 12.1. The summed E-state index contributed by atoms with van der Waals surface area (Å²) >= 11 is 0. The molecule has 0 radical (unpaired) electrons. The predicted molar refractivity (Wildman–Crippen MR) is 92.3 cm³/mol. The highest BCUT2D eigenvalue weighted by Crippen LogP contribution is 2.18. The Balaban J connectivity index is 1.78. The van der Waals surface area contributed by atoms with Gasteiger partial charge < -0.3 is 9.80 Å². The van der Waals surface area contributed by atoms with E-state index in [2.05, 4.69) is 21.7 Å². The Labute approximate surface area is 141 Å². The van der Waals surface area contributed by atoms with Crippen molar-refractivity contribution < 1.29 is 9.18 Å². The molecule has 0 aromatic rings. The van der Waals surface area contributed by atoms with Crippen molar-refractivity contribution in [2.75, 3.05) is 53.0 Å². The molecule has 2 aliphatic rings. The number of alkyl halides is 1. The summed E-state index contributed by atoms with van der Waals surface area (Å²) in [6, 6.07) is 0.0913. The van der Waals surface area contributed by atoms with Gasteiger partial charge in [0.2, 0.25) is 5.91 Å². The molecular formula is C18H34FN3O. The number of unbranched alkanes of at least 4 members (excludes halogenated alkanes) is 2. The van der Waals surface area contributed by atoms with Crippen molar-refractivity contribution >= 4 is 5.91 Å². The summed E-state index contributed by atoms with van der Waals surface area (Å²) in [5, 5.41) is 0. The fourth-order valence-electron chi connectivity index (χ4n) is 3.80. The standard InChI is InChI=1S/C18H34FN3O/c1-20-11-6-2-4-9-17(20)18(23)22-14-8-13-21(15-16-22)12-7-3-5-10-19/h17H,2-16H2,1H3. The molecule has 2 aliphatic heterocycles. The van der Waals surface area contributed by atoms with Crippen LogP contribution < -0.4 is 0 Å². The highest BCUT2D eigenvalue weighted by Gasteiger charge is 2.29. The number of amides is 1. The topological polar surface area (TPSA) is 26.8 Å². The van der Waals surface area contributed by atoms with Crippen LogP contribution in [0.25, 0.3) is 0 Å². The number of likely N-dealkylation sites (N-methyl/N-ethyl adjacent to an activating group) is 1. The first-order chi connectivity index (χ1) is 11.2. The van der Waals surface area contributed by atoms with Crippen LogP contribution in [0.5, 0.6) is 0 Å². The molecule has 23 heavy (non-hydrogen) atoms. The molecule has 2 saturated heterocycles. The van der Waals surface area contributed by atoms with E-state index in [4.69, 9.17) is 0 Å². The van der Waals surface area contributed by atoms with E-state index in [0.29, 0.717) is 12.3 Å². The van der Waals surface area contributed by atoms with Gasteiger partial charge in [-0.05, 0) is 65.2 Å². The molecule has 1 atom stereocenters. The molecule has 2 rings (SSSR count). The number of carbonyl (C=O) groups excluding carboxylic acids is 1. The van der Waals surface area contributed by atoms with Gasteiger partial charge in [0.15, 0.2) is 0 Å². The lowest BCUT2D eigenvalue weighted by molar-refractivity contribution is -0.136. The average Bonchev–Trinajstić information content (AvgIpc) is 2.91. The van der Waals surface area contributed by atoms with Crippen molar-refractivity contribution in [3.8, 4) is 0 Å². The normalized spacial score (nSPS) is 25.1. The second-order valence-corrected chi connectivity index (χ2v) is 7.12. The highest BCUT2D eigenvalue weighted by atomic mass is 19.1. The minimum absolute atomic E-state index is 0.0913. The SMILES string of the molecule is CN1CCCCCC1C(=O)N1CCCN(CCCCCF)CC1. The maximum Gasteiger partial charge on any atom is 0.239 e. The molecule has 2 fully saturated rings. The third-order valence-corrected chi connectivity index (χ3v) is 5.31. The van der Waals surface area contributed by atoms with Crippen molar-refractivity contribution in [3.63, 3.8) is 0 Å². The molecule has 1 unspecified atom stereocenters. The lowest BCUT2D eigenvalue weighted by Gasteiger charge is -2.30. The molecule has 4 nitrogen and oxygen atoms in total. The summed E-state index contributed by atoms with van der Waals surface area (Å²) in [5.41, 5.74) is 0. The second kappa shape index (κ2) is 10.2. The Kier molecular flexibility index (Phi) is 8.31. The Morgan fingerprint density at radius 3 is 2.65 bits per heavy atom. The van der Waals surface area contributed by atoms with Gasteiger partial charge in [0.05, 0.1) is 12.7 Å². The van der Waals surface area contributed by atoms with Gasteiger partial charge in [-0.25, -0.2) is 0 Å². The van der Waals surface area contributed by atoms with E-state index in [1.807, 2.05) is 0 Å². The first-order valence-electron chi connectivity index (χ1n) is 9.49. The maximum absolute atomic E-state index is 12.9. The molecule has 0 bridgehead atoms. The minimum Gasteiger partial charge on any atom is -0.340 e. The zero-order valence-corrected chi connectivity index (χ0v) is 14.8. The van der Waals surface area contributed by atoms with Gasteiger partial charge in [-0.15, -0.1) is 0 Å². The van der Waals surface area contributed by atoms with E-state index in [0.717, 1.165) is 65.0 Å². The van der Waals surface area contributed by atoms with Crippen molar-refractivity contribution in [1.29, 1.82) is 0 Å². The number of nitrogens with zero attached hydrogens (tertiary/aromatic N) is 3. The minimum atomic E-state index is -0.197. The van der Waals surface area contributed by atoms with E-state index < -0.39 is 0 Å². The first-order valence-corrected chi connectivity index (χ1v) is 9.49. The van der Waals surface area contributed by atoms with Crippen LogP contribution >= 0.6 is 0 Å². The maximum atomic E-state index is 12.9. The summed E-state index contributed by atoms with van der Waals surface area (Å²) in [5.74, 6) is 0.341. The van der Waals surface area contributed by atoms with Crippen LogP contribution in [0.3, 0.4) is 0 Å². The van der Waals surface area contributed by atoms with Gasteiger partial charge >= 0.3 is 0 Å². The third-order valence-electron chi connectivity index (χ3n) is 5.31. The van der Waals surface area contributed by atoms with E-state index in [1.54, 1.807) is 0 Å². The van der Waals surface area contributed by atoms with Crippen LogP contribution in [0, 0.1) is 0 Å². The van der Waals surface area contributed by atoms with Crippen molar-refractivity contribution in [2.24, 2.45) is 0 Å². The molecule has 134 valence electrons. The monoisotopic (exact) mass is 327 g/mol. The number of likely N-dealkylation sites (tertiary alicyclic amines) is 1. The molecule has 0 aromatic carbocycles. The molecule has 2 heterocycles. The number of hydrogen-bond donors (Lipinski definition) is 0. The van der Waals surface area contributed by atoms with E-state index >= 15 is 0 Å². The molecule has 0 saturated carbocycles. The van der Waals surface area contributed by atoms with Crippen LogP contribution in [-0.4, -0.2) is 79.6 Å². The van der Waals surface area contributed by atoms with Crippen LogP contribution in [0.1, 0.15) is 51.4 Å². The fourth-order valence-corrected chi connectivity index (χ4v) is 3.80. The second-order valence-electron chi connectivity index (χ2n) is 7.12. The van der Waals surface area contributed by atoms with Gasteiger partial charge in [-0.3, -0.25) is 14.1 Å². The van der Waals surface area contributed by atoms with Crippen LogP contribution in [0.15, 0.2) is 0 Å². The van der Waals surface area contributed by atoms with Gasteiger partial charge in [0.1, 0.15) is 0 Å². The molecule has 0 spiro atoms. The number of hydrogen-bond acceptors (Lipinski definition) is 3. The first kappa shape index (κ1) is 18.7. The largest absolute Gasteiger partial charge is 0.340 e. The Bertz CT molecular complexity index is 353. The van der Waals surface area contributed by atoms with Crippen molar-refractivity contribution in [2.45, 2.75) is 57.4 Å². The molecular weight excluding hydrogens is 293 g/mol. The molecule has 0 aliphatic carbocycles. The number of rotatable bonds is 6. The lowest BCUT2D eigenvalue weighted by Crippen LogP contribution is -2.48. The zero-order chi connectivity index (χ0) is 16.5. The van der Waals surface area contributed by atoms with Gasteiger partial charge in [-0.2, -0.15) is 0 Å². The average molecular weight is 327 g/mol. The fraction of sp³-hybridized carbons (Fsp3) is 0.944. The predicted octanol–water partition coefficient (Wildman–Crippen LogP) is 2.53. The van der Waals surface area contributed by atoms with Crippen molar-refractivity contribution in [3.05, 3.63) is 0 Å². The quantitative estimate of drug-likeness (QED) is 0.702. The summed E-state index contributed by atoms with van der Waals surface area (Å²) in [6.07, 6.45) is 8.45. The van der Waals surface area contributed by atoms with Crippen LogP contribution in [-0.2, 0) is 4.79 Å². The van der Waals surface area contributed by atoms with Crippen LogP contribution in [0.2, 0.25) is 0 Å². The Morgan fingerprint density at radius 2 is 1.83 bits per heavy atom. The van der Waals surface area contributed by atoms with E-state index in [-0.39, 0.29) is 12.7 Å². The van der Waals surface area contributed by atoms with Gasteiger partial charge in [0.25, 0.3) is 0 Å². The van der Waals surface area contributed by atoms with Crippen LogP contribution in [0.4, 0.5) is 4.39 Å². The van der Waals surface area contributed by atoms with Gasteiger partial charge in [-0.1, -0.05) is 12.8 Å². The van der Waals surface area contributed by atoms with Gasteiger partial charge in [0, 0.05) is 19.6 Å². The molecule has 5 heteroatoms. The third kappa shape index (κ3) is 6.03. The smallest absolute Gasteiger partial charge is 0.239 e. The van der Waals surface area contributed by atoms with E-state index in [1.165, 1.54) is 19.3 Å². The number of halogens is 1. The van der Waals surface area contributed by atoms with Crippen molar-refractivity contribution in [1.82, 2.24) is 14.7 Å². The zero-order valence-electron chi connectivity index (χ0n) is 14.8. The highest BCUT2D eigenvalue weighted by molar-refractivity contribution is 5.82. The number of carbonyl (C=O) groups is 1. The molecule has 0 N–H and O–H groups in total. The Morgan fingerprint density at radius 1 is 0.957 bits per heavy atom.